The SMILES string of the molecule is COC(=O)c1c(C(=O)N2CCN(C(=O)Nc3cccc(OC)c3)C(C)C2)nc(C)nc1C(C)C. The minimum Gasteiger partial charge on any atom is -0.497 e. The summed E-state index contributed by atoms with van der Waals surface area (Å²) in [6.07, 6.45) is 0. The highest BCUT2D eigenvalue weighted by molar-refractivity contribution is 6.04. The minimum atomic E-state index is -0.642. The molecular weight excluding hydrogens is 438 g/mol. The van der Waals surface area contributed by atoms with Crippen LogP contribution in [0.3, 0.4) is 0 Å². The molecule has 3 amide bonds. The standard InChI is InChI=1S/C24H31N5O5/c1-14(2)20-19(23(31)34-6)21(26-16(4)25-20)22(30)28-10-11-29(15(3)13-28)24(32)27-17-8-7-9-18(12-17)33-5/h7-9,12,14-15H,10-11,13H2,1-6H3,(H,27,32). The Balaban J connectivity index is 1.78. The van der Waals surface area contributed by atoms with Gasteiger partial charge in [0.25, 0.3) is 5.91 Å². The van der Waals surface area contributed by atoms with E-state index >= 15 is 0 Å². The Hall–Kier alpha value is -3.69. The van der Waals surface area contributed by atoms with Crippen molar-refractivity contribution in [3.8, 4) is 5.75 Å². The largest absolute Gasteiger partial charge is 0.497 e. The Morgan fingerprint density at radius 2 is 1.88 bits per heavy atom. The Kier molecular flexibility index (Phi) is 7.70. The number of aryl methyl sites for hydroxylation is 1. The van der Waals surface area contributed by atoms with Crippen LogP contribution in [0.1, 0.15) is 59.1 Å². The third-order valence-corrected chi connectivity index (χ3v) is 5.68. The van der Waals surface area contributed by atoms with Crippen LogP contribution in [0.15, 0.2) is 24.3 Å². The summed E-state index contributed by atoms with van der Waals surface area (Å²) in [7, 11) is 2.83. The zero-order valence-corrected chi connectivity index (χ0v) is 20.4. The van der Waals surface area contributed by atoms with Crippen molar-refractivity contribution in [3.05, 3.63) is 47.0 Å². The highest BCUT2D eigenvalue weighted by atomic mass is 16.5. The summed E-state index contributed by atoms with van der Waals surface area (Å²) in [5.41, 5.74) is 1.23. The number of nitrogens with one attached hydrogen (secondary N) is 1. The summed E-state index contributed by atoms with van der Waals surface area (Å²) < 4.78 is 10.1. The molecule has 0 saturated carbocycles. The average Bonchev–Trinajstić information content (AvgIpc) is 2.82. The molecule has 1 aromatic carbocycles. The van der Waals surface area contributed by atoms with E-state index in [0.717, 1.165) is 0 Å². The maximum Gasteiger partial charge on any atom is 0.342 e. The van der Waals surface area contributed by atoms with Crippen LogP contribution in [0, 0.1) is 6.92 Å². The van der Waals surface area contributed by atoms with Crippen LogP contribution in [0.2, 0.25) is 0 Å². The van der Waals surface area contributed by atoms with Gasteiger partial charge in [-0.3, -0.25) is 4.79 Å². The predicted molar refractivity (Wildman–Crippen MR) is 126 cm³/mol. The minimum absolute atomic E-state index is 0.0320. The second kappa shape index (κ2) is 10.5. The number of anilines is 1. The molecule has 182 valence electrons. The summed E-state index contributed by atoms with van der Waals surface area (Å²) in [6.45, 7) is 8.27. The lowest BCUT2D eigenvalue weighted by Gasteiger charge is -2.39. The fraction of sp³-hybridized carbons (Fsp3) is 0.458. The molecule has 2 heterocycles. The van der Waals surface area contributed by atoms with Crippen LogP contribution in [0.25, 0.3) is 0 Å². The third-order valence-electron chi connectivity index (χ3n) is 5.68. The topological polar surface area (TPSA) is 114 Å². The van der Waals surface area contributed by atoms with E-state index in [2.05, 4.69) is 15.3 Å². The van der Waals surface area contributed by atoms with E-state index in [1.165, 1.54) is 7.11 Å². The number of methoxy groups -OCH3 is 2. The van der Waals surface area contributed by atoms with Gasteiger partial charge in [0.05, 0.1) is 19.9 Å². The van der Waals surface area contributed by atoms with Gasteiger partial charge in [0.1, 0.15) is 22.8 Å². The van der Waals surface area contributed by atoms with Gasteiger partial charge in [-0.05, 0) is 31.9 Å². The number of carbonyl (C=O) groups is 3. The van der Waals surface area contributed by atoms with Gasteiger partial charge in [-0.15, -0.1) is 0 Å². The van der Waals surface area contributed by atoms with Gasteiger partial charge >= 0.3 is 12.0 Å². The first kappa shape index (κ1) is 24.9. The average molecular weight is 470 g/mol. The van der Waals surface area contributed by atoms with Crippen LogP contribution in [0.5, 0.6) is 5.75 Å². The molecule has 3 rings (SSSR count). The van der Waals surface area contributed by atoms with Crippen molar-refractivity contribution in [1.82, 2.24) is 19.8 Å². The smallest absolute Gasteiger partial charge is 0.342 e. The second-order valence-corrected chi connectivity index (χ2v) is 8.48. The monoisotopic (exact) mass is 469 g/mol. The van der Waals surface area contributed by atoms with Gasteiger partial charge in [-0.25, -0.2) is 19.6 Å². The number of hydrogen-bond acceptors (Lipinski definition) is 7. The Morgan fingerprint density at radius 1 is 1.15 bits per heavy atom. The maximum atomic E-state index is 13.4. The van der Waals surface area contributed by atoms with Crippen molar-refractivity contribution in [2.75, 3.05) is 39.2 Å². The molecule has 10 nitrogen and oxygen atoms in total. The Labute approximate surface area is 199 Å². The normalized spacial score (nSPS) is 15.8. The molecule has 1 aromatic heterocycles. The number of amides is 3. The molecule has 2 aromatic rings. The molecule has 0 aliphatic carbocycles. The molecule has 0 radical (unpaired) electrons. The highest BCUT2D eigenvalue weighted by Gasteiger charge is 2.34. The lowest BCUT2D eigenvalue weighted by atomic mass is 10.0. The van der Waals surface area contributed by atoms with Gasteiger partial charge in [-0.2, -0.15) is 0 Å². The van der Waals surface area contributed by atoms with Crippen LogP contribution in [-0.4, -0.2) is 77.6 Å². The molecular formula is C24H31N5O5. The number of piperazine rings is 1. The predicted octanol–water partition coefficient (Wildman–Crippen LogP) is 3.08. The number of urea groups is 1. The van der Waals surface area contributed by atoms with E-state index < -0.39 is 5.97 Å². The first-order valence-electron chi connectivity index (χ1n) is 11.1. The molecule has 1 fully saturated rings. The van der Waals surface area contributed by atoms with Crippen LogP contribution in [-0.2, 0) is 4.74 Å². The molecule has 1 unspecified atom stereocenters. The molecule has 1 atom stereocenters. The lowest BCUT2D eigenvalue weighted by molar-refractivity contribution is 0.0550. The van der Waals surface area contributed by atoms with Crippen molar-refractivity contribution >= 4 is 23.6 Å². The summed E-state index contributed by atoms with van der Waals surface area (Å²) in [5, 5.41) is 2.87. The van der Waals surface area contributed by atoms with Crippen LogP contribution >= 0.6 is 0 Å². The molecule has 0 spiro atoms. The van der Waals surface area contributed by atoms with Crippen molar-refractivity contribution in [2.45, 2.75) is 39.7 Å². The van der Waals surface area contributed by atoms with Crippen LogP contribution in [0.4, 0.5) is 10.5 Å². The fourth-order valence-electron chi connectivity index (χ4n) is 3.96. The van der Waals surface area contributed by atoms with E-state index in [9.17, 15) is 14.4 Å². The lowest BCUT2D eigenvalue weighted by Crippen LogP contribution is -2.56. The molecule has 1 aliphatic heterocycles. The van der Waals surface area contributed by atoms with E-state index in [-0.39, 0.29) is 35.2 Å². The number of ether oxygens (including phenoxy) is 2. The molecule has 1 aliphatic rings. The van der Waals surface area contributed by atoms with Crippen LogP contribution < -0.4 is 10.1 Å². The number of benzene rings is 1. The van der Waals surface area contributed by atoms with Gasteiger partial charge in [0.15, 0.2) is 0 Å². The van der Waals surface area contributed by atoms with Gasteiger partial charge in [0, 0.05) is 37.4 Å². The number of hydrogen-bond donors (Lipinski definition) is 1. The number of esters is 1. The van der Waals surface area contributed by atoms with E-state index in [0.29, 0.717) is 42.6 Å². The van der Waals surface area contributed by atoms with Crippen molar-refractivity contribution in [2.24, 2.45) is 0 Å². The summed E-state index contributed by atoms with van der Waals surface area (Å²) in [5.74, 6) is -0.0741. The van der Waals surface area contributed by atoms with Gasteiger partial charge in [-0.1, -0.05) is 19.9 Å². The number of carbonyl (C=O) groups excluding carboxylic acids is 3. The summed E-state index contributed by atoms with van der Waals surface area (Å²) in [4.78, 5) is 50.8. The van der Waals surface area contributed by atoms with Crippen molar-refractivity contribution < 1.29 is 23.9 Å². The molecule has 10 heteroatoms. The number of rotatable bonds is 5. The van der Waals surface area contributed by atoms with Gasteiger partial charge in [0.2, 0.25) is 0 Å². The quantitative estimate of drug-likeness (QED) is 0.670. The summed E-state index contributed by atoms with van der Waals surface area (Å²) >= 11 is 0. The highest BCUT2D eigenvalue weighted by Crippen LogP contribution is 2.24. The third kappa shape index (κ3) is 5.27. The zero-order valence-electron chi connectivity index (χ0n) is 20.4. The van der Waals surface area contributed by atoms with Crippen molar-refractivity contribution in [1.29, 1.82) is 0 Å². The summed E-state index contributed by atoms with van der Waals surface area (Å²) in [6, 6.07) is 6.59. The first-order valence-corrected chi connectivity index (χ1v) is 11.1. The number of aromatic nitrogens is 2. The van der Waals surface area contributed by atoms with E-state index in [1.54, 1.807) is 48.1 Å². The molecule has 1 saturated heterocycles. The molecule has 1 N–H and O–H groups in total. The fourth-order valence-corrected chi connectivity index (χ4v) is 3.96. The first-order chi connectivity index (χ1) is 16.2. The Bertz CT molecular complexity index is 1090. The zero-order chi connectivity index (χ0) is 25.0. The van der Waals surface area contributed by atoms with E-state index in [1.807, 2.05) is 20.8 Å². The molecule has 0 bridgehead atoms. The van der Waals surface area contributed by atoms with Crippen molar-refractivity contribution in [3.63, 3.8) is 0 Å². The maximum absolute atomic E-state index is 13.4. The van der Waals surface area contributed by atoms with Gasteiger partial charge < -0.3 is 24.6 Å². The Morgan fingerprint density at radius 3 is 2.50 bits per heavy atom. The van der Waals surface area contributed by atoms with E-state index in [4.69, 9.17) is 9.47 Å². The number of nitrogens with zero attached hydrogens (tertiary/aromatic N) is 4. The second-order valence-electron chi connectivity index (χ2n) is 8.48. The molecule has 34 heavy (non-hydrogen) atoms.